The van der Waals surface area contributed by atoms with Gasteiger partial charge < -0.3 is 19.7 Å². The highest BCUT2D eigenvalue weighted by Gasteiger charge is 2.22. The van der Waals surface area contributed by atoms with E-state index >= 15 is 0 Å². The van der Waals surface area contributed by atoms with E-state index in [0.717, 1.165) is 0 Å². The monoisotopic (exact) mass is 372 g/mol. The second-order valence-corrected chi connectivity index (χ2v) is 6.39. The number of nitrogens with one attached hydrogen (secondary N) is 1. The molecule has 0 aliphatic carbocycles. The van der Waals surface area contributed by atoms with Crippen LogP contribution in [-0.4, -0.2) is 28.2 Å². The molecule has 2 heterocycles. The molecule has 8 heteroatoms. The first-order chi connectivity index (χ1) is 12.4. The summed E-state index contributed by atoms with van der Waals surface area (Å²) in [7, 11) is 1.54. The Balaban J connectivity index is 1.90. The molecule has 2 aromatic heterocycles. The van der Waals surface area contributed by atoms with E-state index in [0.29, 0.717) is 21.5 Å². The third-order valence-electron chi connectivity index (χ3n) is 3.86. The number of fused-ring (bicyclic) bond motifs is 1. The van der Waals surface area contributed by atoms with E-state index in [9.17, 15) is 19.5 Å². The van der Waals surface area contributed by atoms with Crippen molar-refractivity contribution in [2.75, 3.05) is 11.9 Å². The molecule has 26 heavy (non-hydrogen) atoms. The zero-order valence-electron chi connectivity index (χ0n) is 14.1. The molecule has 0 aliphatic rings. The molecule has 0 bridgehead atoms. The first kappa shape index (κ1) is 17.7. The Hall–Kier alpha value is -3.13. The van der Waals surface area contributed by atoms with Gasteiger partial charge in [0.1, 0.15) is 5.56 Å². The molecule has 0 aliphatic heterocycles. The van der Waals surface area contributed by atoms with Gasteiger partial charge >= 0.3 is 5.97 Å². The maximum absolute atomic E-state index is 12.5. The number of aromatic nitrogens is 1. The largest absolute Gasteiger partial charge is 0.505 e. The van der Waals surface area contributed by atoms with Gasteiger partial charge in [-0.15, -0.1) is 11.3 Å². The third kappa shape index (κ3) is 3.06. The Kier molecular flexibility index (Phi) is 4.77. The number of hydrogen-bond acceptors (Lipinski definition) is 6. The van der Waals surface area contributed by atoms with Gasteiger partial charge in [0.15, 0.2) is 5.75 Å². The minimum Gasteiger partial charge on any atom is -0.505 e. The number of anilines is 1. The molecular weight excluding hydrogens is 356 g/mol. The normalized spacial score (nSPS) is 10.7. The molecule has 0 saturated heterocycles. The van der Waals surface area contributed by atoms with Gasteiger partial charge in [-0.05, 0) is 42.6 Å². The number of aryl methyl sites for hydroxylation is 1. The molecule has 1 amide bonds. The molecule has 134 valence electrons. The van der Waals surface area contributed by atoms with Crippen LogP contribution in [0.15, 0.2) is 40.5 Å². The fourth-order valence-corrected chi connectivity index (χ4v) is 3.41. The molecule has 0 fully saturated rings. The van der Waals surface area contributed by atoms with Crippen LogP contribution in [-0.2, 0) is 11.8 Å². The van der Waals surface area contributed by atoms with Gasteiger partial charge in [0.05, 0.1) is 22.4 Å². The van der Waals surface area contributed by atoms with Gasteiger partial charge in [-0.25, -0.2) is 4.79 Å². The summed E-state index contributed by atoms with van der Waals surface area (Å²) in [5.74, 6) is -1.51. The molecule has 0 radical (unpaired) electrons. The summed E-state index contributed by atoms with van der Waals surface area (Å²) < 4.78 is 6.69. The first-order valence-electron chi connectivity index (χ1n) is 7.81. The summed E-state index contributed by atoms with van der Waals surface area (Å²) >= 11 is 1.24. The van der Waals surface area contributed by atoms with E-state index < -0.39 is 17.4 Å². The van der Waals surface area contributed by atoms with Gasteiger partial charge in [-0.2, -0.15) is 0 Å². The highest BCUT2D eigenvalue weighted by atomic mass is 32.1. The van der Waals surface area contributed by atoms with Crippen molar-refractivity contribution >= 4 is 39.1 Å². The van der Waals surface area contributed by atoms with Gasteiger partial charge in [0.25, 0.3) is 11.5 Å². The molecule has 1 aromatic carbocycles. The predicted molar refractivity (Wildman–Crippen MR) is 99.1 cm³/mol. The van der Waals surface area contributed by atoms with Crippen LogP contribution >= 0.6 is 11.3 Å². The van der Waals surface area contributed by atoms with Crippen LogP contribution in [0.2, 0.25) is 0 Å². The van der Waals surface area contributed by atoms with E-state index in [2.05, 4.69) is 5.32 Å². The number of rotatable bonds is 4. The summed E-state index contributed by atoms with van der Waals surface area (Å²) in [5, 5.41) is 14.6. The second kappa shape index (κ2) is 7.01. The lowest BCUT2D eigenvalue weighted by Gasteiger charge is -2.10. The summed E-state index contributed by atoms with van der Waals surface area (Å²) in [4.78, 5) is 36.6. The molecule has 0 atom stereocenters. The van der Waals surface area contributed by atoms with Crippen LogP contribution in [0.25, 0.3) is 10.2 Å². The van der Waals surface area contributed by atoms with Crippen molar-refractivity contribution in [3.8, 4) is 5.75 Å². The minimum absolute atomic E-state index is 0.269. The Morgan fingerprint density at radius 3 is 2.58 bits per heavy atom. The molecule has 3 aromatic rings. The number of pyridine rings is 1. The van der Waals surface area contributed by atoms with Gasteiger partial charge in [-0.1, -0.05) is 0 Å². The molecule has 0 saturated carbocycles. The van der Waals surface area contributed by atoms with Crippen molar-refractivity contribution in [3.63, 3.8) is 0 Å². The van der Waals surface area contributed by atoms with E-state index in [1.54, 1.807) is 25.4 Å². The van der Waals surface area contributed by atoms with E-state index in [4.69, 9.17) is 4.74 Å². The lowest BCUT2D eigenvalue weighted by atomic mass is 10.2. The first-order valence-corrected chi connectivity index (χ1v) is 8.69. The Labute approximate surface area is 152 Å². The molecule has 0 spiro atoms. The third-order valence-corrected chi connectivity index (χ3v) is 4.77. The number of thiophene rings is 1. The van der Waals surface area contributed by atoms with Crippen molar-refractivity contribution in [2.24, 2.45) is 7.05 Å². The van der Waals surface area contributed by atoms with Crippen molar-refractivity contribution in [3.05, 3.63) is 57.2 Å². The summed E-state index contributed by atoms with van der Waals surface area (Å²) in [6.45, 7) is 1.98. The van der Waals surface area contributed by atoms with Gasteiger partial charge in [0, 0.05) is 12.7 Å². The highest BCUT2D eigenvalue weighted by Crippen LogP contribution is 2.31. The lowest BCUT2D eigenvalue weighted by Crippen LogP contribution is -2.27. The molecular formula is C18H16N2O5S. The van der Waals surface area contributed by atoms with Crippen molar-refractivity contribution < 1.29 is 19.4 Å². The van der Waals surface area contributed by atoms with Gasteiger partial charge in [0.2, 0.25) is 0 Å². The number of hydrogen-bond donors (Lipinski definition) is 2. The fraction of sp³-hybridized carbons (Fsp3) is 0.167. The van der Waals surface area contributed by atoms with Crippen molar-refractivity contribution in [1.29, 1.82) is 0 Å². The van der Waals surface area contributed by atoms with Crippen LogP contribution < -0.4 is 10.9 Å². The number of carbonyl (C=O) groups is 2. The zero-order chi connectivity index (χ0) is 18.8. The molecule has 0 unspecified atom stereocenters. The predicted octanol–water partition coefficient (Wildman–Crippen LogP) is 2.73. The topological polar surface area (TPSA) is 97.6 Å². The Morgan fingerprint density at radius 2 is 1.92 bits per heavy atom. The standard InChI is InChI=1S/C18H16N2O5S/c1-3-25-18(24)10-4-6-11(7-5-10)19-16(22)13-14(21)15-12(8-9-26-15)20(2)17(13)23/h4-9,21H,3H2,1-2H3,(H,19,22). The average Bonchev–Trinajstić information content (AvgIpc) is 3.11. The maximum Gasteiger partial charge on any atom is 0.338 e. The maximum atomic E-state index is 12.5. The number of ether oxygens (including phenoxy) is 1. The zero-order valence-corrected chi connectivity index (χ0v) is 14.9. The number of aromatic hydroxyl groups is 1. The summed E-state index contributed by atoms with van der Waals surface area (Å²) in [6.07, 6.45) is 0. The van der Waals surface area contributed by atoms with E-state index in [1.807, 2.05) is 0 Å². The quantitative estimate of drug-likeness (QED) is 0.686. The minimum atomic E-state index is -0.720. The molecule has 3 rings (SSSR count). The van der Waals surface area contributed by atoms with Gasteiger partial charge in [-0.3, -0.25) is 9.59 Å². The van der Waals surface area contributed by atoms with Crippen LogP contribution in [0.1, 0.15) is 27.6 Å². The smallest absolute Gasteiger partial charge is 0.338 e. The lowest BCUT2D eigenvalue weighted by molar-refractivity contribution is 0.0526. The Morgan fingerprint density at radius 1 is 1.23 bits per heavy atom. The number of nitrogens with zero attached hydrogens (tertiary/aromatic N) is 1. The number of esters is 1. The number of amides is 1. The van der Waals surface area contributed by atoms with E-state index in [1.165, 1.54) is 40.2 Å². The van der Waals surface area contributed by atoms with Crippen LogP contribution in [0.5, 0.6) is 5.75 Å². The summed E-state index contributed by atoms with van der Waals surface area (Å²) in [6, 6.07) is 7.77. The highest BCUT2D eigenvalue weighted by molar-refractivity contribution is 7.17. The SMILES string of the molecule is CCOC(=O)c1ccc(NC(=O)c2c(O)c3sccc3n(C)c2=O)cc1. The number of benzene rings is 1. The summed E-state index contributed by atoms with van der Waals surface area (Å²) in [5.41, 5.74) is 0.387. The van der Waals surface area contributed by atoms with Crippen molar-refractivity contribution in [1.82, 2.24) is 4.57 Å². The molecule has 7 nitrogen and oxygen atoms in total. The van der Waals surface area contributed by atoms with Crippen LogP contribution in [0, 0.1) is 0 Å². The van der Waals surface area contributed by atoms with Crippen LogP contribution in [0.3, 0.4) is 0 Å². The molecule has 2 N–H and O–H groups in total. The average molecular weight is 372 g/mol. The van der Waals surface area contributed by atoms with Crippen molar-refractivity contribution in [2.45, 2.75) is 6.92 Å². The fourth-order valence-electron chi connectivity index (χ4n) is 2.54. The Bertz CT molecular complexity index is 1050. The van der Waals surface area contributed by atoms with Crippen LogP contribution in [0.4, 0.5) is 5.69 Å². The second-order valence-electron chi connectivity index (χ2n) is 5.47. The van der Waals surface area contributed by atoms with E-state index in [-0.39, 0.29) is 17.9 Å². The number of carbonyl (C=O) groups excluding carboxylic acids is 2.